The molecule has 2 N–H and O–H groups in total. The molecule has 0 spiro atoms. The number of carboxylic acids is 1. The Morgan fingerprint density at radius 3 is 2.18 bits per heavy atom. The lowest BCUT2D eigenvalue weighted by Crippen LogP contribution is -2.34. The standard InChI is InChI=1S/C7H14O4/c1-4(5(2)11-3)6(8)7(9)10/h4-6,8H,1-3H3,(H,9,10). The van der Waals surface area contributed by atoms with Gasteiger partial charge in [0.1, 0.15) is 0 Å². The molecule has 3 atom stereocenters. The third-order valence-electron chi connectivity index (χ3n) is 1.86. The molecule has 0 fully saturated rings. The van der Waals surface area contributed by atoms with Gasteiger partial charge in [0.25, 0.3) is 0 Å². The van der Waals surface area contributed by atoms with E-state index in [0.717, 1.165) is 0 Å². The average molecular weight is 162 g/mol. The van der Waals surface area contributed by atoms with Gasteiger partial charge in [-0.1, -0.05) is 6.92 Å². The summed E-state index contributed by atoms with van der Waals surface area (Å²) in [4.78, 5) is 10.3. The summed E-state index contributed by atoms with van der Waals surface area (Å²) >= 11 is 0. The molecule has 66 valence electrons. The van der Waals surface area contributed by atoms with E-state index in [4.69, 9.17) is 14.9 Å². The summed E-state index contributed by atoms with van der Waals surface area (Å²) < 4.78 is 4.86. The first-order valence-corrected chi connectivity index (χ1v) is 3.44. The normalized spacial score (nSPS) is 18.9. The minimum Gasteiger partial charge on any atom is -0.479 e. The molecule has 0 aliphatic rings. The maximum absolute atomic E-state index is 10.3. The molecule has 3 unspecified atom stereocenters. The summed E-state index contributed by atoms with van der Waals surface area (Å²) in [6.45, 7) is 3.35. The number of rotatable bonds is 4. The van der Waals surface area contributed by atoms with E-state index in [1.807, 2.05) is 0 Å². The van der Waals surface area contributed by atoms with Gasteiger partial charge in [-0.05, 0) is 6.92 Å². The predicted octanol–water partition coefficient (Wildman–Crippen LogP) is 0.103. The Morgan fingerprint density at radius 1 is 1.45 bits per heavy atom. The summed E-state index contributed by atoms with van der Waals surface area (Å²) in [6, 6.07) is 0. The summed E-state index contributed by atoms with van der Waals surface area (Å²) in [5.74, 6) is -1.60. The maximum atomic E-state index is 10.3. The zero-order valence-electron chi connectivity index (χ0n) is 6.94. The molecular formula is C7H14O4. The van der Waals surface area contributed by atoms with E-state index in [1.54, 1.807) is 13.8 Å². The van der Waals surface area contributed by atoms with Crippen molar-refractivity contribution < 1.29 is 19.7 Å². The van der Waals surface area contributed by atoms with E-state index in [-0.39, 0.29) is 6.10 Å². The average Bonchev–Trinajstić information content (AvgIpc) is 2.00. The molecule has 0 radical (unpaired) electrons. The van der Waals surface area contributed by atoms with Gasteiger partial charge >= 0.3 is 5.97 Å². The lowest BCUT2D eigenvalue weighted by molar-refractivity contribution is -0.152. The van der Waals surface area contributed by atoms with Gasteiger partial charge in [-0.3, -0.25) is 0 Å². The minimum atomic E-state index is -1.34. The Morgan fingerprint density at radius 2 is 1.91 bits per heavy atom. The first kappa shape index (κ1) is 10.4. The summed E-state index contributed by atoms with van der Waals surface area (Å²) in [6.07, 6.45) is -1.59. The molecule has 0 saturated carbocycles. The monoisotopic (exact) mass is 162 g/mol. The number of hydrogen-bond acceptors (Lipinski definition) is 3. The van der Waals surface area contributed by atoms with Gasteiger partial charge in [0.2, 0.25) is 0 Å². The number of aliphatic hydroxyl groups excluding tert-OH is 1. The second-order valence-electron chi connectivity index (χ2n) is 2.58. The van der Waals surface area contributed by atoms with Crippen LogP contribution in [0.15, 0.2) is 0 Å². The van der Waals surface area contributed by atoms with Crippen LogP contribution in [0.1, 0.15) is 13.8 Å². The fourth-order valence-corrected chi connectivity index (χ4v) is 0.696. The fourth-order valence-electron chi connectivity index (χ4n) is 0.696. The number of carboxylic acid groups (broad SMARTS) is 1. The van der Waals surface area contributed by atoms with Crippen molar-refractivity contribution in [1.29, 1.82) is 0 Å². The van der Waals surface area contributed by atoms with Gasteiger partial charge in [0.05, 0.1) is 6.10 Å². The van der Waals surface area contributed by atoms with Crippen molar-refractivity contribution >= 4 is 5.97 Å². The second kappa shape index (κ2) is 4.31. The molecule has 0 bridgehead atoms. The third-order valence-corrected chi connectivity index (χ3v) is 1.86. The molecule has 0 aromatic heterocycles. The van der Waals surface area contributed by atoms with Crippen LogP contribution < -0.4 is 0 Å². The molecule has 0 saturated heterocycles. The van der Waals surface area contributed by atoms with Crippen molar-refractivity contribution in [3.05, 3.63) is 0 Å². The van der Waals surface area contributed by atoms with E-state index < -0.39 is 18.0 Å². The maximum Gasteiger partial charge on any atom is 0.332 e. The minimum absolute atomic E-state index is 0.249. The quantitative estimate of drug-likeness (QED) is 0.615. The van der Waals surface area contributed by atoms with Crippen LogP contribution in [0.5, 0.6) is 0 Å². The van der Waals surface area contributed by atoms with Crippen LogP contribution in [-0.2, 0) is 9.53 Å². The van der Waals surface area contributed by atoms with Crippen molar-refractivity contribution in [2.75, 3.05) is 7.11 Å². The molecule has 0 aromatic carbocycles. The van der Waals surface area contributed by atoms with E-state index >= 15 is 0 Å². The van der Waals surface area contributed by atoms with Crippen LogP contribution in [0.2, 0.25) is 0 Å². The van der Waals surface area contributed by atoms with Crippen LogP contribution in [0.3, 0.4) is 0 Å². The Labute approximate surface area is 65.8 Å². The van der Waals surface area contributed by atoms with Gasteiger partial charge in [-0.25, -0.2) is 4.79 Å². The first-order valence-electron chi connectivity index (χ1n) is 3.44. The predicted molar refractivity (Wildman–Crippen MR) is 39.3 cm³/mol. The van der Waals surface area contributed by atoms with Crippen molar-refractivity contribution in [3.8, 4) is 0 Å². The number of aliphatic carboxylic acids is 1. The molecular weight excluding hydrogens is 148 g/mol. The molecule has 11 heavy (non-hydrogen) atoms. The van der Waals surface area contributed by atoms with Gasteiger partial charge in [0, 0.05) is 13.0 Å². The van der Waals surface area contributed by atoms with Crippen molar-refractivity contribution in [3.63, 3.8) is 0 Å². The van der Waals surface area contributed by atoms with Gasteiger partial charge in [0.15, 0.2) is 6.10 Å². The lowest BCUT2D eigenvalue weighted by Gasteiger charge is -2.20. The number of carbonyl (C=O) groups is 1. The zero-order valence-corrected chi connectivity index (χ0v) is 6.94. The molecule has 4 nitrogen and oxygen atoms in total. The number of aliphatic hydroxyl groups is 1. The van der Waals surface area contributed by atoms with Crippen LogP contribution in [-0.4, -0.2) is 35.5 Å². The Bertz CT molecular complexity index is 134. The highest BCUT2D eigenvalue weighted by atomic mass is 16.5. The molecule has 0 aliphatic heterocycles. The third kappa shape index (κ3) is 2.86. The fraction of sp³-hybridized carbons (Fsp3) is 0.857. The SMILES string of the molecule is COC(C)C(C)C(O)C(=O)O. The number of ether oxygens (including phenoxy) is 1. The van der Waals surface area contributed by atoms with Crippen LogP contribution in [0, 0.1) is 5.92 Å². The molecule has 0 rings (SSSR count). The smallest absolute Gasteiger partial charge is 0.332 e. The largest absolute Gasteiger partial charge is 0.479 e. The van der Waals surface area contributed by atoms with E-state index in [2.05, 4.69) is 0 Å². The highest BCUT2D eigenvalue weighted by Gasteiger charge is 2.26. The van der Waals surface area contributed by atoms with E-state index in [0.29, 0.717) is 0 Å². The van der Waals surface area contributed by atoms with Crippen molar-refractivity contribution in [1.82, 2.24) is 0 Å². The molecule has 0 amide bonds. The second-order valence-corrected chi connectivity index (χ2v) is 2.58. The Hall–Kier alpha value is -0.610. The molecule has 0 aliphatic carbocycles. The van der Waals surface area contributed by atoms with Crippen molar-refractivity contribution in [2.45, 2.75) is 26.1 Å². The first-order chi connectivity index (χ1) is 5.00. The van der Waals surface area contributed by atoms with Crippen LogP contribution in [0.4, 0.5) is 0 Å². The van der Waals surface area contributed by atoms with Crippen LogP contribution in [0.25, 0.3) is 0 Å². The summed E-state index contributed by atoms with van der Waals surface area (Å²) in [5.41, 5.74) is 0. The topological polar surface area (TPSA) is 66.8 Å². The molecule has 0 heterocycles. The zero-order chi connectivity index (χ0) is 9.02. The number of methoxy groups -OCH3 is 1. The van der Waals surface area contributed by atoms with Gasteiger partial charge in [-0.2, -0.15) is 0 Å². The van der Waals surface area contributed by atoms with Crippen LogP contribution >= 0.6 is 0 Å². The summed E-state index contributed by atoms with van der Waals surface area (Å²) in [5, 5.41) is 17.4. The molecule has 4 heteroatoms. The van der Waals surface area contributed by atoms with E-state index in [9.17, 15) is 4.79 Å². The highest BCUT2D eigenvalue weighted by molar-refractivity contribution is 5.72. The van der Waals surface area contributed by atoms with E-state index in [1.165, 1.54) is 7.11 Å². The van der Waals surface area contributed by atoms with Gasteiger partial charge < -0.3 is 14.9 Å². The Kier molecular flexibility index (Phi) is 4.07. The lowest BCUT2D eigenvalue weighted by atomic mass is 9.99. The summed E-state index contributed by atoms with van der Waals surface area (Å²) in [7, 11) is 1.48. The van der Waals surface area contributed by atoms with Gasteiger partial charge in [-0.15, -0.1) is 0 Å². The van der Waals surface area contributed by atoms with Crippen molar-refractivity contribution in [2.24, 2.45) is 5.92 Å². The highest BCUT2D eigenvalue weighted by Crippen LogP contribution is 2.10. The number of hydrogen-bond donors (Lipinski definition) is 2. The Balaban J connectivity index is 4.00. The molecule has 0 aromatic rings.